The van der Waals surface area contributed by atoms with Gasteiger partial charge < -0.3 is 40.1 Å². The zero-order valence-electron chi connectivity index (χ0n) is 34.1. The van der Waals surface area contributed by atoms with E-state index in [4.69, 9.17) is 20.2 Å². The van der Waals surface area contributed by atoms with E-state index in [0.717, 1.165) is 6.42 Å². The number of amides is 4. The molecule has 9 atom stereocenters. The maximum atomic E-state index is 14.2. The minimum absolute atomic E-state index is 0.000824. The number of methoxy groups -OCH3 is 2. The molecule has 308 valence electrons. The molecule has 1 saturated heterocycles. The first kappa shape index (κ1) is 48.4. The third kappa shape index (κ3) is 13.9. The Morgan fingerprint density at radius 1 is 1.00 bits per heavy atom. The van der Waals surface area contributed by atoms with Crippen molar-refractivity contribution in [3.63, 3.8) is 0 Å². The number of ether oxygens (including phenoxy) is 2. The third-order valence-corrected chi connectivity index (χ3v) is 11.7. The number of likely N-dealkylation sites (N-methyl/N-ethyl adjacent to an activating group) is 1. The lowest BCUT2D eigenvalue weighted by Crippen LogP contribution is -2.56. The van der Waals surface area contributed by atoms with Gasteiger partial charge >= 0.3 is 0 Å². The van der Waals surface area contributed by atoms with Gasteiger partial charge in [0.25, 0.3) is 5.91 Å². The molecule has 0 spiro atoms. The van der Waals surface area contributed by atoms with Crippen LogP contribution in [-0.4, -0.2) is 168 Å². The maximum absolute atomic E-state index is 14.2. The van der Waals surface area contributed by atoms with Crippen LogP contribution in [-0.2, 0) is 38.7 Å². The van der Waals surface area contributed by atoms with Gasteiger partial charge in [-0.2, -0.15) is 0 Å². The summed E-state index contributed by atoms with van der Waals surface area (Å²) in [5, 5.41) is 2.65. The van der Waals surface area contributed by atoms with Crippen molar-refractivity contribution in [1.82, 2.24) is 29.6 Å². The third-order valence-electron chi connectivity index (χ3n) is 9.94. The summed E-state index contributed by atoms with van der Waals surface area (Å²) in [4.78, 5) is 66.6. The Morgan fingerprint density at radius 2 is 1.60 bits per heavy atom. The summed E-state index contributed by atoms with van der Waals surface area (Å²) in [5.74, 6) is -2.26. The van der Waals surface area contributed by atoms with Crippen molar-refractivity contribution in [2.75, 3.05) is 74.5 Å². The second-order valence-corrected chi connectivity index (χ2v) is 17.0. The van der Waals surface area contributed by atoms with Crippen molar-refractivity contribution in [2.45, 2.75) is 103 Å². The van der Waals surface area contributed by atoms with Crippen molar-refractivity contribution in [3.05, 3.63) is 0 Å². The van der Waals surface area contributed by atoms with Crippen LogP contribution in [0.25, 0.3) is 0 Å². The van der Waals surface area contributed by atoms with Crippen molar-refractivity contribution in [2.24, 2.45) is 28.5 Å². The van der Waals surface area contributed by atoms with E-state index >= 15 is 0 Å². The van der Waals surface area contributed by atoms with E-state index in [1.807, 2.05) is 70.4 Å². The summed E-state index contributed by atoms with van der Waals surface area (Å²) in [6.45, 7) is 10.3. The summed E-state index contributed by atoms with van der Waals surface area (Å²) >= 11 is 0. The average molecular weight is 793 g/mol. The second kappa shape index (κ2) is 22.7. The number of carbonyl (C=O) groups is 4. The fourth-order valence-electron chi connectivity index (χ4n) is 6.84. The molecule has 0 saturated carbocycles. The lowest BCUT2D eigenvalue weighted by molar-refractivity contribution is -0.146. The number of nitrogens with two attached hydrogens (primary N) is 1. The summed E-state index contributed by atoms with van der Waals surface area (Å²) in [7, 11) is 10.7. The first-order valence-electron chi connectivity index (χ1n) is 18.5. The van der Waals surface area contributed by atoms with Gasteiger partial charge in [-0.05, 0) is 43.8 Å². The topological polar surface area (TPSA) is 196 Å². The second-order valence-electron chi connectivity index (χ2n) is 14.7. The van der Waals surface area contributed by atoms with E-state index in [1.54, 1.807) is 30.9 Å². The highest BCUT2D eigenvalue weighted by molar-refractivity contribution is 7.90. The molecule has 0 bridgehead atoms. The Hall–Kier alpha value is -2.59. The molecule has 2 unspecified atom stereocenters. The predicted octanol–water partition coefficient (Wildman–Crippen LogP) is 0.565. The monoisotopic (exact) mass is 792 g/mol. The van der Waals surface area contributed by atoms with Gasteiger partial charge in [-0.15, -0.1) is 9.24 Å². The van der Waals surface area contributed by atoms with E-state index in [1.165, 1.54) is 7.11 Å². The fraction of sp³-hybridized carbons (Fsp3) is 0.857. The van der Waals surface area contributed by atoms with Gasteiger partial charge in [0.1, 0.15) is 12.1 Å². The van der Waals surface area contributed by atoms with Crippen molar-refractivity contribution in [1.29, 1.82) is 0 Å². The number of carbonyl (C=O) groups excluding carboxylic acids is 4. The van der Waals surface area contributed by atoms with Crippen LogP contribution in [0, 0.1) is 17.8 Å². The summed E-state index contributed by atoms with van der Waals surface area (Å²) in [5.41, 5.74) is 5.40. The Balaban J connectivity index is 3.27. The predicted molar refractivity (Wildman–Crippen MR) is 212 cm³/mol. The Bertz CT molecular complexity index is 1320. The minimum Gasteiger partial charge on any atom is -0.379 e. The molecule has 0 aromatic rings. The number of aliphatic imine (C=N–C) groups is 1. The van der Waals surface area contributed by atoms with Crippen molar-refractivity contribution < 1.29 is 37.1 Å². The lowest BCUT2D eigenvalue weighted by Gasteiger charge is -2.40. The Morgan fingerprint density at radius 3 is 2.08 bits per heavy atom. The molecule has 1 heterocycles. The number of sulfonamides is 1. The smallest absolute Gasteiger partial charge is 0.256 e. The lowest BCUT2D eigenvalue weighted by atomic mass is 9.89. The van der Waals surface area contributed by atoms with Crippen LogP contribution in [0.2, 0.25) is 0 Å². The molecule has 0 aliphatic carbocycles. The summed E-state index contributed by atoms with van der Waals surface area (Å²) in [6.07, 6.45) is 0.944. The number of likely N-dealkylation sites (tertiary alicyclic amines) is 1. The van der Waals surface area contributed by atoms with Gasteiger partial charge in [-0.25, -0.2) is 13.4 Å². The van der Waals surface area contributed by atoms with E-state index in [9.17, 15) is 27.6 Å². The van der Waals surface area contributed by atoms with Gasteiger partial charge in [0.05, 0.1) is 42.4 Å². The number of nitrogens with zero attached hydrogens (tertiary/aromatic N) is 5. The Labute approximate surface area is 320 Å². The molecule has 1 aliphatic rings. The van der Waals surface area contributed by atoms with Crippen LogP contribution < -0.4 is 15.8 Å². The number of hydrogen-bond acceptors (Lipinski definition) is 10. The quantitative estimate of drug-likeness (QED) is 0.0836. The number of guanidine groups is 1. The van der Waals surface area contributed by atoms with Gasteiger partial charge in [0.2, 0.25) is 27.7 Å². The van der Waals surface area contributed by atoms with E-state index in [0.29, 0.717) is 25.3 Å². The first-order valence-corrected chi connectivity index (χ1v) is 21.0. The zero-order valence-corrected chi connectivity index (χ0v) is 36.1. The van der Waals surface area contributed by atoms with Gasteiger partial charge in [0, 0.05) is 56.0 Å². The largest absolute Gasteiger partial charge is 0.379 e. The van der Waals surface area contributed by atoms with Gasteiger partial charge in [-0.3, -0.25) is 23.9 Å². The molecule has 18 heteroatoms. The average Bonchev–Trinajstić information content (AvgIpc) is 3.58. The molecular formula is C35H69N8O8PS. The fourth-order valence-corrected chi connectivity index (χ4v) is 8.27. The van der Waals surface area contributed by atoms with Crippen molar-refractivity contribution in [3.8, 4) is 0 Å². The molecule has 0 aromatic heterocycles. The standard InChI is InChI=1S/C35H69N8O8PS/c1-13-23(4)30(42(10)34(47)29(22(2)3)38-35(40(6)7)41(8)9)27(50-11)20-28(44)43-18-14-16-26(43)31(51-12)24(5)32(45)37-25(21-52)33(46)39-53(48,49)19-15-17-36/h22-27,29-31H,13-21,36,52H2,1-12H3,(H,37,45)(H,39,46)/t23-,24+,25-,26-,27?,29-,30-,31+/m0/s1. The first-order chi connectivity index (χ1) is 24.7. The number of rotatable bonds is 21. The highest BCUT2D eigenvalue weighted by Crippen LogP contribution is 2.30. The van der Waals surface area contributed by atoms with Crippen LogP contribution in [0.1, 0.15) is 66.7 Å². The molecule has 4 amide bonds. The summed E-state index contributed by atoms with van der Waals surface area (Å²) < 4.78 is 38.4. The molecule has 0 aromatic carbocycles. The minimum atomic E-state index is -3.91. The molecule has 1 fully saturated rings. The van der Waals surface area contributed by atoms with Crippen LogP contribution in [0.3, 0.4) is 0 Å². The van der Waals surface area contributed by atoms with Crippen LogP contribution in [0.5, 0.6) is 0 Å². The molecule has 4 N–H and O–H groups in total. The maximum Gasteiger partial charge on any atom is 0.256 e. The highest BCUT2D eigenvalue weighted by atomic mass is 32.2. The van der Waals surface area contributed by atoms with E-state index < -0.39 is 64.1 Å². The van der Waals surface area contributed by atoms with Crippen molar-refractivity contribution >= 4 is 48.9 Å². The molecule has 53 heavy (non-hydrogen) atoms. The van der Waals surface area contributed by atoms with Crippen LogP contribution in [0.15, 0.2) is 4.99 Å². The number of nitrogens with one attached hydrogen (secondary N) is 2. The summed E-state index contributed by atoms with van der Waals surface area (Å²) in [6, 6.07) is -2.66. The molecular weight excluding hydrogens is 723 g/mol. The van der Waals surface area contributed by atoms with Crippen LogP contribution in [0.4, 0.5) is 0 Å². The Kier molecular flexibility index (Phi) is 20.7. The normalized spacial score (nSPS) is 18.6. The van der Waals surface area contributed by atoms with E-state index in [2.05, 4.69) is 14.6 Å². The molecule has 1 rings (SSSR count). The SMILES string of the molecule is CC[C@H](C)[C@@H](C(CC(=O)N1CCC[C@H]1[C@H](OC)[C@@H](C)C(=O)N[C@@H](CP)C(=O)NS(=O)(=O)CCCN)OC)N(C)C(=O)[C@@H](N=C(N(C)C)N(C)C)C(C)C. The van der Waals surface area contributed by atoms with Crippen LogP contribution >= 0.6 is 9.24 Å². The molecule has 16 nitrogen and oxygen atoms in total. The molecule has 1 aliphatic heterocycles. The van der Waals surface area contributed by atoms with Gasteiger partial charge in [0.15, 0.2) is 5.96 Å². The highest BCUT2D eigenvalue weighted by Gasteiger charge is 2.43. The number of hydrogen-bond donors (Lipinski definition) is 3. The van der Waals surface area contributed by atoms with Gasteiger partial charge in [-0.1, -0.05) is 41.0 Å². The zero-order chi connectivity index (χ0) is 40.8. The van der Waals surface area contributed by atoms with E-state index in [-0.39, 0.29) is 55.0 Å². The molecule has 0 radical (unpaired) electrons.